The van der Waals surface area contributed by atoms with E-state index in [1.807, 2.05) is 56.3 Å². The van der Waals surface area contributed by atoms with Crippen LogP contribution in [0.2, 0.25) is 0 Å². The lowest BCUT2D eigenvalue weighted by atomic mass is 9.95. The number of benzene rings is 3. The standard InChI is InChI=1S/C24H23FN2O3S/c1-16-6-5-7-17(2)23(16)26-24(28)22-14-18-8-3-4-9-19(18)15-27(22)31(29,30)21-12-10-20(25)11-13-21/h3-13,22H,14-15H2,1-2H3,(H,26,28)/t22-/m0/s1. The number of nitrogens with one attached hydrogen (secondary N) is 1. The number of halogens is 1. The molecule has 0 saturated carbocycles. The summed E-state index contributed by atoms with van der Waals surface area (Å²) in [6.07, 6.45) is 0.257. The van der Waals surface area contributed by atoms with Crippen molar-refractivity contribution in [3.05, 3.63) is 94.8 Å². The number of amides is 1. The van der Waals surface area contributed by atoms with Gasteiger partial charge in [0.05, 0.1) is 4.90 Å². The van der Waals surface area contributed by atoms with Gasteiger partial charge in [-0.2, -0.15) is 4.31 Å². The zero-order valence-corrected chi connectivity index (χ0v) is 18.1. The van der Waals surface area contributed by atoms with Crippen LogP contribution in [0.15, 0.2) is 71.6 Å². The first-order chi connectivity index (χ1) is 14.8. The first-order valence-electron chi connectivity index (χ1n) is 9.98. The highest BCUT2D eigenvalue weighted by Gasteiger charge is 2.39. The van der Waals surface area contributed by atoms with Crippen LogP contribution in [-0.4, -0.2) is 24.7 Å². The van der Waals surface area contributed by atoms with E-state index in [0.29, 0.717) is 5.69 Å². The minimum atomic E-state index is -4.02. The maximum absolute atomic E-state index is 13.4. The Morgan fingerprint density at radius 3 is 2.19 bits per heavy atom. The number of fused-ring (bicyclic) bond motifs is 1. The Kier molecular flexibility index (Phi) is 5.64. The van der Waals surface area contributed by atoms with Crippen molar-refractivity contribution >= 4 is 21.6 Å². The molecule has 0 aromatic heterocycles. The first-order valence-corrected chi connectivity index (χ1v) is 11.4. The first kappa shape index (κ1) is 21.2. The molecule has 3 aromatic rings. The van der Waals surface area contributed by atoms with Gasteiger partial charge in [0.15, 0.2) is 0 Å². The van der Waals surface area contributed by atoms with E-state index in [4.69, 9.17) is 0 Å². The average Bonchev–Trinajstić information content (AvgIpc) is 2.75. The molecule has 160 valence electrons. The Hall–Kier alpha value is -3.03. The largest absolute Gasteiger partial charge is 0.324 e. The molecule has 0 radical (unpaired) electrons. The molecule has 7 heteroatoms. The van der Waals surface area contributed by atoms with Crippen molar-refractivity contribution < 1.29 is 17.6 Å². The van der Waals surface area contributed by atoms with Crippen LogP contribution >= 0.6 is 0 Å². The lowest BCUT2D eigenvalue weighted by Gasteiger charge is -2.35. The van der Waals surface area contributed by atoms with Crippen molar-refractivity contribution in [1.82, 2.24) is 4.31 Å². The van der Waals surface area contributed by atoms with Gasteiger partial charge in [-0.05, 0) is 66.8 Å². The number of carbonyl (C=O) groups is 1. The molecule has 1 aliphatic rings. The average molecular weight is 439 g/mol. The molecule has 0 fully saturated rings. The summed E-state index contributed by atoms with van der Waals surface area (Å²) in [5, 5.41) is 2.94. The van der Waals surface area contributed by atoms with Crippen LogP contribution in [0.3, 0.4) is 0 Å². The van der Waals surface area contributed by atoms with Gasteiger partial charge in [0.1, 0.15) is 11.9 Å². The molecular formula is C24H23FN2O3S. The Bertz CT molecular complexity index is 1220. The monoisotopic (exact) mass is 438 g/mol. The maximum atomic E-state index is 13.4. The number of hydrogen-bond donors (Lipinski definition) is 1. The van der Waals surface area contributed by atoms with Crippen LogP contribution in [0.25, 0.3) is 0 Å². The minimum Gasteiger partial charge on any atom is -0.324 e. The van der Waals surface area contributed by atoms with Crippen LogP contribution < -0.4 is 5.32 Å². The van der Waals surface area contributed by atoms with Gasteiger partial charge in [0.25, 0.3) is 0 Å². The Labute approximate surface area is 181 Å². The molecule has 0 saturated heterocycles. The molecule has 1 N–H and O–H groups in total. The summed E-state index contributed by atoms with van der Waals surface area (Å²) in [7, 11) is -4.02. The van der Waals surface area contributed by atoms with Crippen molar-refractivity contribution in [1.29, 1.82) is 0 Å². The number of rotatable bonds is 4. The SMILES string of the molecule is Cc1cccc(C)c1NC(=O)[C@@H]1Cc2ccccc2CN1S(=O)(=O)c1ccc(F)cc1. The van der Waals surface area contributed by atoms with Crippen LogP contribution in [0.5, 0.6) is 0 Å². The second-order valence-corrected chi connectivity index (χ2v) is 9.64. The van der Waals surface area contributed by atoms with Crippen LogP contribution in [0.1, 0.15) is 22.3 Å². The Balaban J connectivity index is 1.74. The predicted molar refractivity (Wildman–Crippen MR) is 118 cm³/mol. The summed E-state index contributed by atoms with van der Waals surface area (Å²) < 4.78 is 41.4. The fourth-order valence-corrected chi connectivity index (χ4v) is 5.50. The molecular weight excluding hydrogens is 415 g/mol. The molecule has 0 aliphatic carbocycles. The van der Waals surface area contributed by atoms with E-state index in [0.717, 1.165) is 34.4 Å². The Morgan fingerprint density at radius 2 is 1.55 bits per heavy atom. The zero-order chi connectivity index (χ0) is 22.2. The van der Waals surface area contributed by atoms with Crippen LogP contribution in [-0.2, 0) is 27.8 Å². The van der Waals surface area contributed by atoms with Gasteiger partial charge >= 0.3 is 0 Å². The van der Waals surface area contributed by atoms with Gasteiger partial charge in [0, 0.05) is 12.2 Å². The van der Waals surface area contributed by atoms with Crippen molar-refractivity contribution in [3.63, 3.8) is 0 Å². The molecule has 5 nitrogen and oxygen atoms in total. The van der Waals surface area contributed by atoms with E-state index in [2.05, 4.69) is 5.32 Å². The van der Waals surface area contributed by atoms with Crippen molar-refractivity contribution in [3.8, 4) is 0 Å². The fraction of sp³-hybridized carbons (Fsp3) is 0.208. The number of sulfonamides is 1. The van der Waals surface area contributed by atoms with E-state index in [1.54, 1.807) is 0 Å². The number of nitrogens with zero attached hydrogens (tertiary/aromatic N) is 1. The lowest BCUT2D eigenvalue weighted by Crippen LogP contribution is -2.50. The number of anilines is 1. The second kappa shape index (κ2) is 8.24. The van der Waals surface area contributed by atoms with Crippen LogP contribution in [0.4, 0.5) is 10.1 Å². The van der Waals surface area contributed by atoms with Crippen molar-refractivity contribution in [2.75, 3.05) is 5.32 Å². The summed E-state index contributed by atoms with van der Waals surface area (Å²) >= 11 is 0. The Morgan fingerprint density at radius 1 is 0.935 bits per heavy atom. The molecule has 0 bridgehead atoms. The summed E-state index contributed by atoms with van der Waals surface area (Å²) in [4.78, 5) is 13.3. The van der Waals surface area contributed by atoms with E-state index < -0.39 is 27.8 Å². The third kappa shape index (κ3) is 4.11. The van der Waals surface area contributed by atoms with E-state index >= 15 is 0 Å². The van der Waals surface area contributed by atoms with Gasteiger partial charge in [-0.25, -0.2) is 12.8 Å². The van der Waals surface area contributed by atoms with Crippen LogP contribution in [0, 0.1) is 19.7 Å². The minimum absolute atomic E-state index is 0.0434. The molecule has 0 unspecified atom stereocenters. The molecule has 0 spiro atoms. The molecule has 1 amide bonds. The molecule has 4 rings (SSSR count). The zero-order valence-electron chi connectivity index (χ0n) is 17.3. The normalized spacial score (nSPS) is 16.5. The quantitative estimate of drug-likeness (QED) is 0.664. The number of carbonyl (C=O) groups excluding carboxylic acids is 1. The van der Waals surface area contributed by atoms with E-state index in [-0.39, 0.29) is 17.9 Å². The fourth-order valence-electron chi connectivity index (χ4n) is 3.94. The molecule has 1 heterocycles. The van der Waals surface area contributed by atoms with Gasteiger partial charge in [-0.15, -0.1) is 0 Å². The number of aryl methyl sites for hydroxylation is 2. The summed E-state index contributed by atoms with van der Waals surface area (Å²) in [5.74, 6) is -0.912. The van der Waals surface area contributed by atoms with Gasteiger partial charge in [-0.1, -0.05) is 42.5 Å². The summed E-state index contributed by atoms with van der Waals surface area (Å²) in [5.41, 5.74) is 4.28. The molecule has 3 aromatic carbocycles. The third-order valence-corrected chi connectivity index (χ3v) is 7.53. The maximum Gasteiger partial charge on any atom is 0.244 e. The summed E-state index contributed by atoms with van der Waals surface area (Å²) in [6.45, 7) is 3.86. The molecule has 1 aliphatic heterocycles. The lowest BCUT2D eigenvalue weighted by molar-refractivity contribution is -0.120. The van der Waals surface area contributed by atoms with Crippen molar-refractivity contribution in [2.24, 2.45) is 0 Å². The smallest absolute Gasteiger partial charge is 0.244 e. The summed E-state index contributed by atoms with van der Waals surface area (Å²) in [6, 6.07) is 16.9. The second-order valence-electron chi connectivity index (χ2n) is 7.75. The van der Waals surface area contributed by atoms with Gasteiger partial charge in [0.2, 0.25) is 15.9 Å². The van der Waals surface area contributed by atoms with Crippen molar-refractivity contribution in [2.45, 2.75) is 37.8 Å². The third-order valence-electron chi connectivity index (χ3n) is 5.66. The van der Waals surface area contributed by atoms with E-state index in [1.165, 1.54) is 16.4 Å². The molecule has 31 heavy (non-hydrogen) atoms. The van der Waals surface area contributed by atoms with Gasteiger partial charge in [-0.3, -0.25) is 4.79 Å². The molecule has 1 atom stereocenters. The van der Waals surface area contributed by atoms with Gasteiger partial charge < -0.3 is 5.32 Å². The topological polar surface area (TPSA) is 66.5 Å². The highest BCUT2D eigenvalue weighted by Crippen LogP contribution is 2.30. The predicted octanol–water partition coefficient (Wildman–Crippen LogP) is 4.20. The van der Waals surface area contributed by atoms with E-state index in [9.17, 15) is 17.6 Å². The number of hydrogen-bond acceptors (Lipinski definition) is 3. The number of para-hydroxylation sites is 1. The highest BCUT2D eigenvalue weighted by atomic mass is 32.2. The highest BCUT2D eigenvalue weighted by molar-refractivity contribution is 7.89.